The maximum Gasteiger partial charge on any atom is 0.0194 e. The fraction of sp³-hybridized carbons (Fsp3) is 0. The summed E-state index contributed by atoms with van der Waals surface area (Å²) in [5.74, 6) is 0. The van der Waals surface area contributed by atoms with Gasteiger partial charge in [0, 0.05) is 11.9 Å². The maximum atomic E-state index is 11.1. The summed E-state index contributed by atoms with van der Waals surface area (Å²) < 4.78 is 11.1. The molecule has 52 valence electrons. The second kappa shape index (κ2) is 2.02. The number of rotatable bonds is 0. The van der Waals surface area contributed by atoms with E-state index in [0.29, 0.717) is 0 Å². The summed E-state index contributed by atoms with van der Waals surface area (Å²) in [6.07, 6.45) is 7.38. The molecule has 2 aliphatic heterocycles. The van der Waals surface area contributed by atoms with Gasteiger partial charge in [-0.1, -0.05) is 17.1 Å². The van der Waals surface area contributed by atoms with Crippen molar-refractivity contribution in [3.8, 4) is 0 Å². The SMILES string of the molecule is O=[S-]1=CC=C2NC=CC=C21. The summed E-state index contributed by atoms with van der Waals surface area (Å²) in [7, 11) is -0.910. The molecule has 2 nitrogen and oxygen atoms in total. The van der Waals surface area contributed by atoms with Crippen LogP contribution >= 0.6 is 0 Å². The zero-order valence-electron chi connectivity index (χ0n) is 5.20. The van der Waals surface area contributed by atoms with Crippen LogP contribution in [0, 0.1) is 0 Å². The summed E-state index contributed by atoms with van der Waals surface area (Å²) in [4.78, 5) is 0.877. The van der Waals surface area contributed by atoms with Crippen molar-refractivity contribution in [1.29, 1.82) is 0 Å². The fourth-order valence-electron chi connectivity index (χ4n) is 0.943. The average Bonchev–Trinajstić information content (AvgIpc) is 2.34. The van der Waals surface area contributed by atoms with Crippen molar-refractivity contribution >= 4 is 15.8 Å². The number of fused-ring (bicyclic) bond motifs is 1. The predicted molar refractivity (Wildman–Crippen MR) is 42.6 cm³/mol. The molecule has 0 amide bonds. The van der Waals surface area contributed by atoms with E-state index in [1.54, 1.807) is 5.37 Å². The Morgan fingerprint density at radius 1 is 1.40 bits per heavy atom. The first-order valence-electron chi connectivity index (χ1n) is 2.97. The molecule has 2 rings (SSSR count). The number of hydrogen-bond acceptors (Lipinski definition) is 3. The van der Waals surface area contributed by atoms with Crippen LogP contribution in [0.5, 0.6) is 0 Å². The fourth-order valence-corrected chi connectivity index (χ4v) is 1.91. The van der Waals surface area contributed by atoms with Crippen molar-refractivity contribution in [2.45, 2.75) is 0 Å². The lowest BCUT2D eigenvalue weighted by atomic mass is 10.3. The summed E-state index contributed by atoms with van der Waals surface area (Å²) >= 11 is 0. The lowest BCUT2D eigenvalue weighted by Gasteiger charge is -2.13. The summed E-state index contributed by atoms with van der Waals surface area (Å²) in [5.41, 5.74) is 0.959. The van der Waals surface area contributed by atoms with Gasteiger partial charge >= 0.3 is 0 Å². The van der Waals surface area contributed by atoms with Crippen LogP contribution in [0.4, 0.5) is 0 Å². The number of dihydropyridines is 1. The van der Waals surface area contributed by atoms with Crippen LogP contribution in [0.1, 0.15) is 0 Å². The zero-order chi connectivity index (χ0) is 6.97. The molecule has 0 fully saturated rings. The summed E-state index contributed by atoms with van der Waals surface area (Å²) in [6.45, 7) is 0. The Bertz CT molecular complexity index is 330. The molecule has 0 aliphatic carbocycles. The van der Waals surface area contributed by atoms with E-state index in [4.69, 9.17) is 0 Å². The van der Waals surface area contributed by atoms with Crippen LogP contribution in [-0.2, 0) is 14.6 Å². The van der Waals surface area contributed by atoms with Gasteiger partial charge in [0.05, 0.1) is 0 Å². The van der Waals surface area contributed by atoms with E-state index in [-0.39, 0.29) is 0 Å². The van der Waals surface area contributed by atoms with Crippen LogP contribution in [0.15, 0.2) is 35.0 Å². The molecule has 1 N–H and O–H groups in total. The first-order chi connectivity index (χ1) is 4.88. The van der Waals surface area contributed by atoms with Crippen molar-refractivity contribution in [3.63, 3.8) is 0 Å². The van der Waals surface area contributed by atoms with E-state index < -0.39 is 10.4 Å². The zero-order valence-corrected chi connectivity index (χ0v) is 6.02. The van der Waals surface area contributed by atoms with Gasteiger partial charge in [-0.25, -0.2) is 10.4 Å². The molecule has 0 atom stereocenters. The molecule has 0 aromatic rings. The maximum absolute atomic E-state index is 11.1. The third-order valence-electron chi connectivity index (χ3n) is 1.42. The quantitative estimate of drug-likeness (QED) is 0.408. The predicted octanol–water partition coefficient (Wildman–Crippen LogP) is 0.651. The van der Waals surface area contributed by atoms with Gasteiger partial charge in [-0.05, 0) is 6.08 Å². The van der Waals surface area contributed by atoms with E-state index >= 15 is 0 Å². The topological polar surface area (TPSA) is 29.1 Å². The van der Waals surface area contributed by atoms with Crippen LogP contribution in [0.2, 0.25) is 0 Å². The molecule has 10 heavy (non-hydrogen) atoms. The van der Waals surface area contributed by atoms with E-state index in [9.17, 15) is 4.21 Å². The highest BCUT2D eigenvalue weighted by atomic mass is 32.2. The van der Waals surface area contributed by atoms with E-state index in [1.165, 1.54) is 0 Å². The van der Waals surface area contributed by atoms with Gasteiger partial charge in [-0.2, -0.15) is 5.37 Å². The second-order valence-corrected chi connectivity index (χ2v) is 3.36. The number of allylic oxidation sites excluding steroid dienone is 3. The monoisotopic (exact) mass is 152 g/mol. The highest BCUT2D eigenvalue weighted by Crippen LogP contribution is 2.15. The Balaban J connectivity index is 2.56. The van der Waals surface area contributed by atoms with Crippen LogP contribution in [0.3, 0.4) is 0 Å². The first-order valence-corrected chi connectivity index (χ1v) is 4.19. The van der Waals surface area contributed by atoms with Gasteiger partial charge in [-0.15, -0.1) is 0 Å². The van der Waals surface area contributed by atoms with Crippen LogP contribution in [0.25, 0.3) is 0 Å². The molecule has 0 saturated carbocycles. The molecule has 0 saturated heterocycles. The van der Waals surface area contributed by atoms with Crippen LogP contribution < -0.4 is 5.32 Å². The van der Waals surface area contributed by atoms with Gasteiger partial charge in [0.25, 0.3) is 0 Å². The van der Waals surface area contributed by atoms with E-state index in [1.807, 2.05) is 24.4 Å². The molecule has 3 heteroatoms. The minimum Gasteiger partial charge on any atom is -0.457 e. The summed E-state index contributed by atoms with van der Waals surface area (Å²) in [6, 6.07) is 0. The third kappa shape index (κ3) is 0.708. The third-order valence-corrected chi connectivity index (χ3v) is 2.60. The number of nitrogens with one attached hydrogen (secondary N) is 1. The van der Waals surface area contributed by atoms with Gasteiger partial charge in [-0.3, -0.25) is 0 Å². The van der Waals surface area contributed by atoms with Crippen molar-refractivity contribution in [2.24, 2.45) is 0 Å². The Morgan fingerprint density at radius 3 is 3.10 bits per heavy atom. The standard InChI is InChI=1S/C7H6NOS/c9-10-5-3-6-7(10)2-1-4-8-6/h1-5,8H/q-1. The molecule has 0 aromatic heterocycles. The first kappa shape index (κ1) is 5.80. The van der Waals surface area contributed by atoms with Gasteiger partial charge < -0.3 is 9.53 Å². The van der Waals surface area contributed by atoms with Crippen molar-refractivity contribution in [3.05, 3.63) is 35.0 Å². The van der Waals surface area contributed by atoms with E-state index in [0.717, 1.165) is 10.6 Å². The molecule has 0 bridgehead atoms. The Labute approximate surface area is 61.0 Å². The van der Waals surface area contributed by atoms with Gasteiger partial charge in [0.2, 0.25) is 0 Å². The normalized spacial score (nSPS) is 22.4. The van der Waals surface area contributed by atoms with Gasteiger partial charge in [0.15, 0.2) is 0 Å². The molecule has 0 unspecified atom stereocenters. The van der Waals surface area contributed by atoms with Crippen molar-refractivity contribution in [1.82, 2.24) is 5.32 Å². The van der Waals surface area contributed by atoms with Crippen LogP contribution in [-0.4, -0.2) is 5.37 Å². The smallest absolute Gasteiger partial charge is 0.0194 e. The molecule has 0 spiro atoms. The summed E-state index contributed by atoms with van der Waals surface area (Å²) in [5, 5.41) is 4.68. The highest BCUT2D eigenvalue weighted by Gasteiger charge is 2.01. The number of hydrogen-bond donors (Lipinski definition) is 1. The lowest BCUT2D eigenvalue weighted by molar-refractivity contribution is 0.606. The van der Waals surface area contributed by atoms with Gasteiger partial charge in [0.1, 0.15) is 0 Å². The molecular formula is C7H6NOS-. The Hall–Kier alpha value is -0.960. The lowest BCUT2D eigenvalue weighted by Crippen LogP contribution is -2.07. The minimum atomic E-state index is -0.910. The molecule has 0 radical (unpaired) electrons. The van der Waals surface area contributed by atoms with Crippen molar-refractivity contribution in [2.75, 3.05) is 0 Å². The van der Waals surface area contributed by atoms with Crippen molar-refractivity contribution < 1.29 is 4.21 Å². The second-order valence-electron chi connectivity index (χ2n) is 2.05. The average molecular weight is 152 g/mol. The molecular weight excluding hydrogens is 146 g/mol. The van der Waals surface area contributed by atoms with E-state index in [2.05, 4.69) is 5.32 Å². The Kier molecular flexibility index (Phi) is 1.17. The molecule has 0 aromatic carbocycles. The minimum absolute atomic E-state index is 0.877. The highest BCUT2D eigenvalue weighted by molar-refractivity contribution is 7.88. The largest absolute Gasteiger partial charge is 0.457 e. The molecule has 2 aliphatic rings. The molecule has 2 heterocycles. The Morgan fingerprint density at radius 2 is 2.30 bits per heavy atom.